The molecule has 32 heavy (non-hydrogen) atoms. The highest BCUT2D eigenvalue weighted by atomic mass is 32.1. The first kappa shape index (κ1) is 23.1. The van der Waals surface area contributed by atoms with Gasteiger partial charge < -0.3 is 20.3 Å². The molecule has 7 nitrogen and oxygen atoms in total. The average molecular weight is 454 g/mol. The van der Waals surface area contributed by atoms with E-state index in [9.17, 15) is 9.90 Å². The molecule has 4 rings (SSSR count). The Morgan fingerprint density at radius 1 is 1.12 bits per heavy atom. The molecule has 2 aromatic carbocycles. The molecular weight excluding hydrogens is 426 g/mol. The number of carbonyl (C=O) groups is 1. The van der Waals surface area contributed by atoms with E-state index in [1.807, 2.05) is 0 Å². The highest BCUT2D eigenvalue weighted by Gasteiger charge is 2.17. The summed E-state index contributed by atoms with van der Waals surface area (Å²) >= 11 is 1.09. The predicted octanol–water partition coefficient (Wildman–Crippen LogP) is 4.94. The summed E-state index contributed by atoms with van der Waals surface area (Å²) in [7, 11) is 3.10. The van der Waals surface area contributed by atoms with Crippen molar-refractivity contribution < 1.29 is 19.4 Å². The summed E-state index contributed by atoms with van der Waals surface area (Å²) in [4.78, 5) is 15.7. The van der Waals surface area contributed by atoms with Crippen LogP contribution in [0.4, 0.5) is 0 Å². The number of hydrogen-bond donors (Lipinski definition) is 2. The van der Waals surface area contributed by atoms with Crippen molar-refractivity contribution in [3.05, 3.63) is 65.3 Å². The van der Waals surface area contributed by atoms with Gasteiger partial charge in [-0.05, 0) is 18.4 Å². The molecule has 0 saturated heterocycles. The summed E-state index contributed by atoms with van der Waals surface area (Å²) in [5.74, 6) is 0.326. The predicted molar refractivity (Wildman–Crippen MR) is 127 cm³/mol. The Balaban J connectivity index is 0.000000243. The number of hydrogen-bond acceptors (Lipinski definition) is 6. The minimum atomic E-state index is -0.669. The van der Waals surface area contributed by atoms with Crippen LogP contribution in [-0.2, 0) is 6.42 Å². The van der Waals surface area contributed by atoms with Crippen LogP contribution >= 0.6 is 11.3 Å². The number of primary amides is 1. The fourth-order valence-electron chi connectivity index (χ4n) is 3.20. The smallest absolute Gasteiger partial charge is 0.262 e. The van der Waals surface area contributed by atoms with Crippen molar-refractivity contribution >= 4 is 28.3 Å². The number of aromatic nitrogens is 2. The second-order valence-corrected chi connectivity index (χ2v) is 8.09. The van der Waals surface area contributed by atoms with Crippen LogP contribution in [0.15, 0.2) is 54.9 Å². The lowest BCUT2D eigenvalue weighted by Crippen LogP contribution is -2.08. The molecular formula is C24H27N3O4S. The van der Waals surface area contributed by atoms with Crippen molar-refractivity contribution in [1.82, 2.24) is 9.55 Å². The zero-order valence-corrected chi connectivity index (χ0v) is 19.2. The van der Waals surface area contributed by atoms with Gasteiger partial charge in [-0.1, -0.05) is 43.7 Å². The van der Waals surface area contributed by atoms with E-state index in [4.69, 9.17) is 15.2 Å². The zero-order chi connectivity index (χ0) is 23.1. The van der Waals surface area contributed by atoms with E-state index in [0.717, 1.165) is 16.9 Å². The van der Waals surface area contributed by atoms with Gasteiger partial charge in [-0.2, -0.15) is 0 Å². The summed E-state index contributed by atoms with van der Waals surface area (Å²) < 4.78 is 12.3. The van der Waals surface area contributed by atoms with Crippen LogP contribution in [0.3, 0.4) is 0 Å². The molecule has 2 aromatic heterocycles. The Morgan fingerprint density at radius 3 is 2.41 bits per heavy atom. The van der Waals surface area contributed by atoms with Crippen LogP contribution in [0.25, 0.3) is 16.0 Å². The maximum absolute atomic E-state index is 11.3. The molecule has 8 heteroatoms. The summed E-state index contributed by atoms with van der Waals surface area (Å²) in [6, 6.07) is 15.7. The van der Waals surface area contributed by atoms with Crippen LogP contribution in [0.1, 0.15) is 35.0 Å². The molecule has 0 bridgehead atoms. The van der Waals surface area contributed by atoms with E-state index in [1.54, 1.807) is 37.2 Å². The van der Waals surface area contributed by atoms with Crippen molar-refractivity contribution in [2.75, 3.05) is 14.2 Å². The van der Waals surface area contributed by atoms with Crippen molar-refractivity contribution in [3.63, 3.8) is 0 Å². The number of ether oxygens (including phenoxy) is 2. The van der Waals surface area contributed by atoms with E-state index >= 15 is 0 Å². The number of imidazole rings is 1. The van der Waals surface area contributed by atoms with Gasteiger partial charge >= 0.3 is 0 Å². The maximum Gasteiger partial charge on any atom is 0.262 e. The molecule has 0 aliphatic heterocycles. The van der Waals surface area contributed by atoms with Gasteiger partial charge in [0, 0.05) is 18.2 Å². The van der Waals surface area contributed by atoms with E-state index in [2.05, 4.69) is 42.2 Å². The summed E-state index contributed by atoms with van der Waals surface area (Å²) in [5, 5.41) is 10.4. The minimum absolute atomic E-state index is 0.109. The van der Waals surface area contributed by atoms with Crippen LogP contribution in [0, 0.1) is 0 Å². The highest BCUT2D eigenvalue weighted by molar-refractivity contribution is 7.16. The Kier molecular flexibility index (Phi) is 7.72. The third kappa shape index (κ3) is 5.20. The summed E-state index contributed by atoms with van der Waals surface area (Å²) in [6.45, 7) is 2.23. The van der Waals surface area contributed by atoms with Gasteiger partial charge in [-0.15, -0.1) is 11.3 Å². The fourth-order valence-corrected chi connectivity index (χ4v) is 4.09. The normalized spacial score (nSPS) is 10.5. The lowest BCUT2D eigenvalue weighted by atomic mass is 10.1. The number of benzene rings is 2. The zero-order valence-electron chi connectivity index (χ0n) is 18.4. The van der Waals surface area contributed by atoms with Crippen LogP contribution < -0.4 is 15.2 Å². The number of carbonyl (C=O) groups excluding carboxylic acids is 1. The van der Waals surface area contributed by atoms with Crippen LogP contribution in [0.2, 0.25) is 0 Å². The lowest BCUT2D eigenvalue weighted by Gasteiger charge is -2.08. The molecule has 2 heterocycles. The number of unbranched alkanes of at least 4 members (excludes halogenated alkanes) is 1. The monoisotopic (exact) mass is 453 g/mol. The molecule has 0 aliphatic rings. The first-order valence-corrected chi connectivity index (χ1v) is 11.1. The number of thiophene rings is 1. The first-order chi connectivity index (χ1) is 15.5. The molecule has 0 atom stereocenters. The van der Waals surface area contributed by atoms with Gasteiger partial charge in [0.15, 0.2) is 11.5 Å². The van der Waals surface area contributed by atoms with Gasteiger partial charge in [0.2, 0.25) is 0 Å². The number of aromatic hydroxyl groups is 1. The molecule has 3 N–H and O–H groups in total. The van der Waals surface area contributed by atoms with Crippen molar-refractivity contribution in [3.8, 4) is 22.2 Å². The fraction of sp³-hybridized carbons (Fsp3) is 0.250. The molecule has 0 radical (unpaired) electrons. The Bertz CT molecular complexity index is 1180. The van der Waals surface area contributed by atoms with Crippen molar-refractivity contribution in [1.29, 1.82) is 0 Å². The topological polar surface area (TPSA) is 99.6 Å². The quantitative estimate of drug-likeness (QED) is 0.413. The molecule has 1 amide bonds. The Hall–Kier alpha value is -3.52. The second kappa shape index (κ2) is 10.7. The SMILES string of the molecule is CCCCc1ccccc1.COc1cc2ncn(-c3cc(O)c(C(N)=O)s3)c2cc1OC. The first-order valence-electron chi connectivity index (χ1n) is 10.2. The summed E-state index contributed by atoms with van der Waals surface area (Å²) in [6.07, 6.45) is 5.43. The van der Waals surface area contributed by atoms with Gasteiger partial charge in [0.1, 0.15) is 22.0 Å². The van der Waals surface area contributed by atoms with Crippen LogP contribution in [0.5, 0.6) is 17.2 Å². The number of nitrogens with zero attached hydrogens (tertiary/aromatic N) is 2. The van der Waals surface area contributed by atoms with E-state index < -0.39 is 5.91 Å². The molecule has 0 saturated carbocycles. The van der Waals surface area contributed by atoms with E-state index in [0.29, 0.717) is 22.0 Å². The lowest BCUT2D eigenvalue weighted by molar-refractivity contribution is 0.100. The van der Waals surface area contributed by atoms with Crippen LogP contribution in [-0.4, -0.2) is 34.8 Å². The van der Waals surface area contributed by atoms with Gasteiger partial charge in [-0.3, -0.25) is 9.36 Å². The molecule has 0 spiro atoms. The van der Waals surface area contributed by atoms with Crippen molar-refractivity contribution in [2.24, 2.45) is 5.73 Å². The van der Waals surface area contributed by atoms with Gasteiger partial charge in [0.25, 0.3) is 5.91 Å². The average Bonchev–Trinajstić information content (AvgIpc) is 3.40. The third-order valence-electron chi connectivity index (χ3n) is 4.88. The molecule has 0 aliphatic carbocycles. The molecule has 0 fully saturated rings. The highest BCUT2D eigenvalue weighted by Crippen LogP contribution is 2.36. The standard InChI is InChI=1S/C14H13N3O4S.C10H14/c1-20-10-3-7-8(4-11(10)21-2)17(6-16-7)12-5-9(18)13(22-12)14(15)19;1-2-3-7-10-8-5-4-6-9-10/h3-6,18H,1-2H3,(H2,15,19);4-6,8-9H,2-3,7H2,1H3. The second-order valence-electron chi connectivity index (χ2n) is 7.06. The molecule has 4 aromatic rings. The molecule has 168 valence electrons. The number of nitrogens with two attached hydrogens (primary N) is 1. The number of aryl methyl sites for hydroxylation is 1. The number of fused-ring (bicyclic) bond motifs is 1. The number of amides is 1. The number of methoxy groups -OCH3 is 2. The van der Waals surface area contributed by atoms with Gasteiger partial charge in [-0.25, -0.2) is 4.98 Å². The maximum atomic E-state index is 11.3. The minimum Gasteiger partial charge on any atom is -0.506 e. The largest absolute Gasteiger partial charge is 0.506 e. The Labute approximate surface area is 191 Å². The third-order valence-corrected chi connectivity index (χ3v) is 6.01. The van der Waals surface area contributed by atoms with E-state index in [-0.39, 0.29) is 10.6 Å². The number of rotatable bonds is 7. The van der Waals surface area contributed by atoms with Crippen molar-refractivity contribution in [2.45, 2.75) is 26.2 Å². The van der Waals surface area contributed by atoms with Gasteiger partial charge in [0.05, 0.1) is 25.3 Å². The van der Waals surface area contributed by atoms with E-state index in [1.165, 1.54) is 30.9 Å². The summed E-state index contributed by atoms with van der Waals surface area (Å²) in [5.41, 5.74) is 8.15. The Morgan fingerprint density at radius 2 is 1.81 bits per heavy atom. The molecule has 0 unspecified atom stereocenters.